The molecular formula is C17H21NO3. The van der Waals surface area contributed by atoms with Crippen molar-refractivity contribution in [3.8, 4) is 0 Å². The summed E-state index contributed by atoms with van der Waals surface area (Å²) in [5.74, 6) is -0.291. The molecule has 1 aromatic carbocycles. The minimum absolute atomic E-state index is 0.139. The average Bonchev–Trinajstić information content (AvgIpc) is 2.88. The quantitative estimate of drug-likeness (QED) is 0.778. The SMILES string of the molecule is C=CC[C@H](C)[C@@H](C)C(=O)N1C(=O)OCC1c1ccccc1. The summed E-state index contributed by atoms with van der Waals surface area (Å²) in [6.45, 7) is 7.76. The number of amides is 2. The number of cyclic esters (lactones) is 1. The summed E-state index contributed by atoms with van der Waals surface area (Å²) in [5.41, 5.74) is 0.917. The topological polar surface area (TPSA) is 46.6 Å². The number of carbonyl (C=O) groups is 2. The molecule has 0 radical (unpaired) electrons. The molecule has 2 amide bonds. The van der Waals surface area contributed by atoms with Gasteiger partial charge in [0.15, 0.2) is 0 Å². The molecule has 0 spiro atoms. The third-order valence-electron chi connectivity index (χ3n) is 4.08. The van der Waals surface area contributed by atoms with Crippen LogP contribution >= 0.6 is 0 Å². The van der Waals surface area contributed by atoms with E-state index in [0.29, 0.717) is 0 Å². The van der Waals surface area contributed by atoms with E-state index in [1.165, 1.54) is 4.90 Å². The zero-order chi connectivity index (χ0) is 15.4. The van der Waals surface area contributed by atoms with E-state index in [1.54, 1.807) is 6.08 Å². The lowest BCUT2D eigenvalue weighted by Gasteiger charge is -2.25. The molecule has 1 fully saturated rings. The van der Waals surface area contributed by atoms with Gasteiger partial charge in [0.1, 0.15) is 12.6 Å². The first-order chi connectivity index (χ1) is 10.1. The molecule has 1 aliphatic heterocycles. The van der Waals surface area contributed by atoms with E-state index >= 15 is 0 Å². The Hall–Kier alpha value is -2.10. The second-order valence-electron chi connectivity index (χ2n) is 5.50. The van der Waals surface area contributed by atoms with Crippen LogP contribution in [0.15, 0.2) is 43.0 Å². The number of hydrogen-bond acceptors (Lipinski definition) is 3. The highest BCUT2D eigenvalue weighted by Crippen LogP contribution is 2.31. The van der Waals surface area contributed by atoms with Gasteiger partial charge in [0, 0.05) is 5.92 Å². The van der Waals surface area contributed by atoms with Crippen molar-refractivity contribution >= 4 is 12.0 Å². The van der Waals surface area contributed by atoms with E-state index in [9.17, 15) is 9.59 Å². The Bertz CT molecular complexity index is 526. The third-order valence-corrected chi connectivity index (χ3v) is 4.08. The molecule has 1 aliphatic rings. The monoisotopic (exact) mass is 287 g/mol. The Balaban J connectivity index is 2.20. The van der Waals surface area contributed by atoms with Gasteiger partial charge in [-0.3, -0.25) is 4.79 Å². The van der Waals surface area contributed by atoms with Gasteiger partial charge in [-0.1, -0.05) is 50.3 Å². The Morgan fingerprint density at radius 3 is 2.71 bits per heavy atom. The van der Waals surface area contributed by atoms with Gasteiger partial charge in [0.05, 0.1) is 0 Å². The first-order valence-electron chi connectivity index (χ1n) is 7.22. The molecule has 0 N–H and O–H groups in total. The van der Waals surface area contributed by atoms with E-state index in [1.807, 2.05) is 44.2 Å². The molecule has 1 heterocycles. The van der Waals surface area contributed by atoms with Crippen LogP contribution in [0, 0.1) is 11.8 Å². The van der Waals surface area contributed by atoms with Crippen molar-refractivity contribution < 1.29 is 14.3 Å². The van der Waals surface area contributed by atoms with Crippen molar-refractivity contribution in [2.45, 2.75) is 26.3 Å². The van der Waals surface area contributed by atoms with Gasteiger partial charge in [-0.15, -0.1) is 6.58 Å². The van der Waals surface area contributed by atoms with Gasteiger partial charge in [-0.05, 0) is 17.9 Å². The second kappa shape index (κ2) is 6.57. The second-order valence-corrected chi connectivity index (χ2v) is 5.50. The van der Waals surface area contributed by atoms with Crippen molar-refractivity contribution in [3.05, 3.63) is 48.6 Å². The zero-order valence-electron chi connectivity index (χ0n) is 12.5. The van der Waals surface area contributed by atoms with Crippen LogP contribution in [0.1, 0.15) is 31.9 Å². The number of imide groups is 1. The summed E-state index contributed by atoms with van der Waals surface area (Å²) < 4.78 is 5.09. The first kappa shape index (κ1) is 15.3. The summed E-state index contributed by atoms with van der Waals surface area (Å²) >= 11 is 0. The van der Waals surface area contributed by atoms with Crippen molar-refractivity contribution in [1.29, 1.82) is 0 Å². The van der Waals surface area contributed by atoms with Gasteiger partial charge in [0.25, 0.3) is 0 Å². The predicted molar refractivity (Wildman–Crippen MR) is 80.5 cm³/mol. The molecule has 0 saturated carbocycles. The Kier molecular flexibility index (Phi) is 4.78. The van der Waals surface area contributed by atoms with Gasteiger partial charge in [-0.2, -0.15) is 0 Å². The van der Waals surface area contributed by atoms with Crippen LogP contribution in [-0.4, -0.2) is 23.5 Å². The smallest absolute Gasteiger partial charge is 0.417 e. The van der Waals surface area contributed by atoms with E-state index in [-0.39, 0.29) is 30.4 Å². The minimum atomic E-state index is -0.550. The highest BCUT2D eigenvalue weighted by Gasteiger charge is 2.41. The van der Waals surface area contributed by atoms with Crippen LogP contribution in [0.3, 0.4) is 0 Å². The summed E-state index contributed by atoms with van der Waals surface area (Å²) in [6.07, 6.45) is 1.99. The minimum Gasteiger partial charge on any atom is -0.446 e. The van der Waals surface area contributed by atoms with Gasteiger partial charge >= 0.3 is 6.09 Å². The van der Waals surface area contributed by atoms with Crippen LogP contribution < -0.4 is 0 Å². The maximum absolute atomic E-state index is 12.6. The van der Waals surface area contributed by atoms with Gasteiger partial charge in [-0.25, -0.2) is 9.69 Å². The van der Waals surface area contributed by atoms with Crippen molar-refractivity contribution in [3.63, 3.8) is 0 Å². The fraction of sp³-hybridized carbons (Fsp3) is 0.412. The Labute approximate surface area is 125 Å². The standard InChI is InChI=1S/C17H21NO3/c1-4-8-12(2)13(3)16(19)18-15(11-21-17(18)20)14-9-6-5-7-10-14/h4-7,9-10,12-13,15H,1,8,11H2,2-3H3/t12-,13+,15?/m0/s1. The normalized spacial score (nSPS) is 20.8. The van der Waals surface area contributed by atoms with Crippen molar-refractivity contribution in [2.24, 2.45) is 11.8 Å². The lowest BCUT2D eigenvalue weighted by atomic mass is 9.91. The molecule has 112 valence electrons. The highest BCUT2D eigenvalue weighted by molar-refractivity contribution is 5.94. The molecule has 1 unspecified atom stereocenters. The molecule has 3 atom stereocenters. The molecular weight excluding hydrogens is 266 g/mol. The molecule has 4 nitrogen and oxygen atoms in total. The zero-order valence-corrected chi connectivity index (χ0v) is 12.5. The number of nitrogens with zero attached hydrogens (tertiary/aromatic N) is 1. The fourth-order valence-corrected chi connectivity index (χ4v) is 2.52. The first-order valence-corrected chi connectivity index (χ1v) is 7.22. The number of carbonyl (C=O) groups excluding carboxylic acids is 2. The van der Waals surface area contributed by atoms with E-state index in [4.69, 9.17) is 4.74 Å². The number of rotatable bonds is 5. The maximum atomic E-state index is 12.6. The molecule has 21 heavy (non-hydrogen) atoms. The largest absolute Gasteiger partial charge is 0.446 e. The molecule has 0 aliphatic carbocycles. The third kappa shape index (κ3) is 3.15. The summed E-state index contributed by atoms with van der Waals surface area (Å²) in [4.78, 5) is 25.9. The number of benzene rings is 1. The average molecular weight is 287 g/mol. The van der Waals surface area contributed by atoms with Gasteiger partial charge in [0.2, 0.25) is 5.91 Å². The number of ether oxygens (including phenoxy) is 1. The van der Waals surface area contributed by atoms with Crippen LogP contribution in [0.5, 0.6) is 0 Å². The number of hydrogen-bond donors (Lipinski definition) is 0. The Morgan fingerprint density at radius 2 is 2.10 bits per heavy atom. The Morgan fingerprint density at radius 1 is 1.43 bits per heavy atom. The lowest BCUT2D eigenvalue weighted by Crippen LogP contribution is -2.39. The van der Waals surface area contributed by atoms with E-state index < -0.39 is 6.09 Å². The molecule has 1 aromatic rings. The molecule has 2 rings (SSSR count). The van der Waals surface area contributed by atoms with Crippen LogP contribution in [0.25, 0.3) is 0 Å². The van der Waals surface area contributed by atoms with Crippen LogP contribution in [0.4, 0.5) is 4.79 Å². The number of allylic oxidation sites excluding steroid dienone is 1. The van der Waals surface area contributed by atoms with E-state index in [2.05, 4.69) is 6.58 Å². The van der Waals surface area contributed by atoms with Gasteiger partial charge < -0.3 is 4.74 Å². The van der Waals surface area contributed by atoms with Crippen LogP contribution in [-0.2, 0) is 9.53 Å². The highest BCUT2D eigenvalue weighted by atomic mass is 16.6. The van der Waals surface area contributed by atoms with E-state index in [0.717, 1.165) is 12.0 Å². The summed E-state index contributed by atoms with van der Waals surface area (Å²) in [7, 11) is 0. The molecule has 0 aromatic heterocycles. The molecule has 0 bridgehead atoms. The molecule has 4 heteroatoms. The fourth-order valence-electron chi connectivity index (χ4n) is 2.52. The van der Waals surface area contributed by atoms with Crippen molar-refractivity contribution in [2.75, 3.05) is 6.61 Å². The lowest BCUT2D eigenvalue weighted by molar-refractivity contribution is -0.134. The predicted octanol–water partition coefficient (Wildman–Crippen LogP) is 3.55. The summed E-state index contributed by atoms with van der Waals surface area (Å²) in [5, 5.41) is 0. The molecule has 1 saturated heterocycles. The van der Waals surface area contributed by atoms with Crippen molar-refractivity contribution in [1.82, 2.24) is 4.90 Å². The maximum Gasteiger partial charge on any atom is 0.417 e. The van der Waals surface area contributed by atoms with Crippen LogP contribution in [0.2, 0.25) is 0 Å². The summed E-state index contributed by atoms with van der Waals surface area (Å²) in [6, 6.07) is 9.18.